The first-order valence-electron chi connectivity index (χ1n) is 7.13. The van der Waals surface area contributed by atoms with E-state index in [4.69, 9.17) is 13.7 Å². The highest BCUT2D eigenvalue weighted by Crippen LogP contribution is 2.37. The zero-order valence-electron chi connectivity index (χ0n) is 14.1. The molecule has 0 spiro atoms. The van der Waals surface area contributed by atoms with Crippen LogP contribution in [-0.2, 0) is 10.1 Å². The molecule has 7 heteroatoms. The Bertz CT molecular complexity index is 852. The number of hydrogen-bond acceptors (Lipinski definition) is 5. The molecule has 5 nitrogen and oxygen atoms in total. The molecule has 0 heterocycles. The number of halogens is 1. The van der Waals surface area contributed by atoms with Crippen molar-refractivity contribution < 1.29 is 22.1 Å². The van der Waals surface area contributed by atoms with Gasteiger partial charge in [0.2, 0.25) is 0 Å². The maximum absolute atomic E-state index is 12.7. The summed E-state index contributed by atoms with van der Waals surface area (Å²) >= 11 is 3.25. The van der Waals surface area contributed by atoms with Crippen molar-refractivity contribution in [1.82, 2.24) is 0 Å². The van der Waals surface area contributed by atoms with E-state index in [2.05, 4.69) is 15.9 Å². The number of aryl methyl sites for hydroxylation is 3. The zero-order valence-corrected chi connectivity index (χ0v) is 16.5. The predicted octanol–water partition coefficient (Wildman–Crippen LogP) is 4.16. The Balaban J connectivity index is 2.53. The molecular formula is C17H19BrO5S. The van der Waals surface area contributed by atoms with Crippen LogP contribution in [0.5, 0.6) is 17.2 Å². The molecule has 0 aliphatic carbocycles. The third kappa shape index (κ3) is 3.67. The van der Waals surface area contributed by atoms with Crippen molar-refractivity contribution in [1.29, 1.82) is 0 Å². The van der Waals surface area contributed by atoms with E-state index < -0.39 is 10.1 Å². The summed E-state index contributed by atoms with van der Waals surface area (Å²) in [5, 5.41) is 0. The third-order valence-corrected chi connectivity index (χ3v) is 5.69. The van der Waals surface area contributed by atoms with Gasteiger partial charge in [0.15, 0.2) is 11.5 Å². The lowest BCUT2D eigenvalue weighted by Gasteiger charge is -2.15. The monoisotopic (exact) mass is 414 g/mol. The van der Waals surface area contributed by atoms with E-state index in [9.17, 15) is 8.42 Å². The fraction of sp³-hybridized carbons (Fsp3) is 0.294. The van der Waals surface area contributed by atoms with Crippen molar-refractivity contribution in [2.75, 3.05) is 14.2 Å². The molecule has 0 aromatic heterocycles. The molecule has 0 amide bonds. The first-order valence-corrected chi connectivity index (χ1v) is 9.33. The molecule has 0 bridgehead atoms. The van der Waals surface area contributed by atoms with Gasteiger partial charge in [-0.25, -0.2) is 0 Å². The predicted molar refractivity (Wildman–Crippen MR) is 95.7 cm³/mol. The van der Waals surface area contributed by atoms with Gasteiger partial charge in [-0.1, -0.05) is 17.7 Å². The molecule has 0 saturated heterocycles. The summed E-state index contributed by atoms with van der Waals surface area (Å²) in [7, 11) is -1.12. The second-order valence-electron chi connectivity index (χ2n) is 5.40. The molecule has 2 aromatic carbocycles. The van der Waals surface area contributed by atoms with Crippen molar-refractivity contribution in [3.8, 4) is 17.2 Å². The summed E-state index contributed by atoms with van der Waals surface area (Å²) in [6.07, 6.45) is 0. The zero-order chi connectivity index (χ0) is 18.1. The van der Waals surface area contributed by atoms with Crippen molar-refractivity contribution in [2.24, 2.45) is 0 Å². The van der Waals surface area contributed by atoms with Crippen LogP contribution >= 0.6 is 15.9 Å². The number of ether oxygens (including phenoxy) is 2. The third-order valence-electron chi connectivity index (χ3n) is 3.51. The Kier molecular flexibility index (Phi) is 5.45. The minimum absolute atomic E-state index is 0.0282. The Morgan fingerprint density at radius 3 is 1.88 bits per heavy atom. The summed E-state index contributed by atoms with van der Waals surface area (Å²) in [5.74, 6) is 1.06. The lowest BCUT2D eigenvalue weighted by Crippen LogP contribution is -2.12. The summed E-state index contributed by atoms with van der Waals surface area (Å²) in [6, 6.07) is 6.66. The van der Waals surface area contributed by atoms with Gasteiger partial charge in [0.05, 0.1) is 14.2 Å². The molecular weight excluding hydrogens is 396 g/mol. The van der Waals surface area contributed by atoms with Crippen LogP contribution in [0.15, 0.2) is 33.6 Å². The normalized spacial score (nSPS) is 11.2. The van der Waals surface area contributed by atoms with Gasteiger partial charge in [0.25, 0.3) is 0 Å². The minimum Gasteiger partial charge on any atom is -0.493 e. The molecule has 0 atom stereocenters. The molecule has 24 heavy (non-hydrogen) atoms. The highest BCUT2D eigenvalue weighted by atomic mass is 79.9. The molecule has 2 rings (SSSR count). The molecule has 130 valence electrons. The topological polar surface area (TPSA) is 61.8 Å². The molecule has 2 aromatic rings. The van der Waals surface area contributed by atoms with Gasteiger partial charge in [-0.3, -0.25) is 0 Å². The van der Waals surface area contributed by atoms with Gasteiger partial charge < -0.3 is 13.7 Å². The molecule has 0 radical (unpaired) electrons. The van der Waals surface area contributed by atoms with Gasteiger partial charge in [-0.15, -0.1) is 0 Å². The van der Waals surface area contributed by atoms with E-state index in [1.54, 1.807) is 0 Å². The van der Waals surface area contributed by atoms with Crippen LogP contribution in [0.25, 0.3) is 0 Å². The van der Waals surface area contributed by atoms with Crippen LogP contribution in [0.3, 0.4) is 0 Å². The second-order valence-corrected chi connectivity index (χ2v) is 7.77. The van der Waals surface area contributed by atoms with E-state index in [1.807, 2.05) is 32.9 Å². The van der Waals surface area contributed by atoms with Crippen molar-refractivity contribution in [2.45, 2.75) is 25.7 Å². The smallest absolute Gasteiger partial charge is 0.340 e. The Morgan fingerprint density at radius 2 is 1.38 bits per heavy atom. The average Bonchev–Trinajstić information content (AvgIpc) is 2.50. The molecule has 0 fully saturated rings. The second kappa shape index (κ2) is 7.03. The van der Waals surface area contributed by atoms with Crippen LogP contribution in [0.4, 0.5) is 0 Å². The molecule has 0 aliphatic rings. The van der Waals surface area contributed by atoms with Crippen LogP contribution in [-0.4, -0.2) is 22.6 Å². The maximum Gasteiger partial charge on any atom is 0.340 e. The largest absolute Gasteiger partial charge is 0.493 e. The van der Waals surface area contributed by atoms with Crippen molar-refractivity contribution in [3.63, 3.8) is 0 Å². The van der Waals surface area contributed by atoms with Crippen LogP contribution in [0.1, 0.15) is 16.7 Å². The first-order chi connectivity index (χ1) is 11.2. The van der Waals surface area contributed by atoms with E-state index in [1.165, 1.54) is 26.4 Å². The van der Waals surface area contributed by atoms with Gasteiger partial charge >= 0.3 is 10.1 Å². The first kappa shape index (κ1) is 18.6. The van der Waals surface area contributed by atoms with Gasteiger partial charge in [0.1, 0.15) is 10.6 Å². The van der Waals surface area contributed by atoms with Crippen molar-refractivity contribution >= 4 is 26.0 Å². The molecule has 0 aliphatic heterocycles. The molecule has 0 unspecified atom stereocenters. The number of rotatable bonds is 5. The number of benzene rings is 2. The maximum atomic E-state index is 12.7. The fourth-order valence-corrected chi connectivity index (χ4v) is 4.52. The summed E-state index contributed by atoms with van der Waals surface area (Å²) < 4.78 is 41.5. The van der Waals surface area contributed by atoms with E-state index in [0.717, 1.165) is 16.7 Å². The lowest BCUT2D eigenvalue weighted by molar-refractivity contribution is 0.353. The number of hydrogen-bond donors (Lipinski definition) is 0. The number of methoxy groups -OCH3 is 2. The highest BCUT2D eigenvalue weighted by Gasteiger charge is 2.24. The van der Waals surface area contributed by atoms with Crippen LogP contribution < -0.4 is 13.7 Å². The summed E-state index contributed by atoms with van der Waals surface area (Å²) in [5.41, 5.74) is 2.56. The standard InChI is InChI=1S/C17H19BrO5S/c1-10-6-11(2)17(12(3)7-10)23-24(19,20)16-9-15(22-5)14(21-4)8-13(16)18/h6-9H,1-5H3. The lowest BCUT2D eigenvalue weighted by atomic mass is 10.1. The van der Waals surface area contributed by atoms with Gasteiger partial charge in [0, 0.05) is 10.5 Å². The van der Waals surface area contributed by atoms with E-state index in [-0.39, 0.29) is 4.90 Å². The minimum atomic E-state index is -4.04. The average molecular weight is 415 g/mol. The highest BCUT2D eigenvalue weighted by molar-refractivity contribution is 9.10. The Hall–Kier alpha value is -1.73. The van der Waals surface area contributed by atoms with Crippen LogP contribution in [0.2, 0.25) is 0 Å². The van der Waals surface area contributed by atoms with Crippen molar-refractivity contribution in [3.05, 3.63) is 45.4 Å². The van der Waals surface area contributed by atoms with E-state index >= 15 is 0 Å². The Labute approximate surface area is 150 Å². The van der Waals surface area contributed by atoms with Gasteiger partial charge in [-0.2, -0.15) is 8.42 Å². The SMILES string of the molecule is COc1cc(Br)c(S(=O)(=O)Oc2c(C)cc(C)cc2C)cc1OC. The fourth-order valence-electron chi connectivity index (χ4n) is 2.48. The molecule has 0 saturated carbocycles. The molecule has 0 N–H and O–H groups in total. The summed E-state index contributed by atoms with van der Waals surface area (Å²) in [6.45, 7) is 5.58. The van der Waals surface area contributed by atoms with Gasteiger partial charge in [-0.05, 0) is 53.9 Å². The Morgan fingerprint density at radius 1 is 0.875 bits per heavy atom. The van der Waals surface area contributed by atoms with Crippen LogP contribution in [0, 0.1) is 20.8 Å². The van der Waals surface area contributed by atoms with E-state index in [0.29, 0.717) is 21.7 Å². The quantitative estimate of drug-likeness (QED) is 0.687. The summed E-state index contributed by atoms with van der Waals surface area (Å²) in [4.78, 5) is -0.0282.